The first-order chi connectivity index (χ1) is 10.7. The summed E-state index contributed by atoms with van der Waals surface area (Å²) in [7, 11) is 2.32. The number of nitrogens with zero attached hydrogens (tertiary/aromatic N) is 1. The zero-order chi connectivity index (χ0) is 17.7. The Morgan fingerprint density at radius 2 is 1.83 bits per heavy atom. The molecule has 1 rings (SSSR count). The fourth-order valence-electron chi connectivity index (χ4n) is 1.73. The second-order valence-corrected chi connectivity index (χ2v) is 4.86. The van der Waals surface area contributed by atoms with Crippen molar-refractivity contribution in [2.75, 3.05) is 26.0 Å². The number of hydrogen-bond donors (Lipinski definition) is 2. The molecule has 1 unspecified atom stereocenters. The molecule has 0 saturated heterocycles. The number of hydrogen-bond acceptors (Lipinski definition) is 4. The van der Waals surface area contributed by atoms with Gasteiger partial charge in [0.25, 0.3) is 0 Å². The Morgan fingerprint density at radius 1 is 1.30 bits per heavy atom. The molecule has 0 aliphatic rings. The highest BCUT2D eigenvalue weighted by atomic mass is 19.1. The van der Waals surface area contributed by atoms with Gasteiger partial charge < -0.3 is 20.1 Å². The van der Waals surface area contributed by atoms with E-state index in [2.05, 4.69) is 10.1 Å². The van der Waals surface area contributed by atoms with Crippen LogP contribution >= 0.6 is 0 Å². The lowest BCUT2D eigenvalue weighted by Gasteiger charge is -2.20. The molecule has 9 heteroatoms. The SMILES string of the molecule is COC(=O)c1c(F)cc(NC(=O)N(C)CC(C)C(=O)O)cc1F. The van der Waals surface area contributed by atoms with Crippen molar-refractivity contribution in [2.24, 2.45) is 5.92 Å². The van der Waals surface area contributed by atoms with Gasteiger partial charge in [-0.2, -0.15) is 0 Å². The number of carboxylic acid groups (broad SMARTS) is 1. The molecule has 0 aliphatic carbocycles. The van der Waals surface area contributed by atoms with Crippen LogP contribution in [0.1, 0.15) is 17.3 Å². The second-order valence-electron chi connectivity index (χ2n) is 4.86. The van der Waals surface area contributed by atoms with Crippen molar-refractivity contribution in [2.45, 2.75) is 6.92 Å². The number of benzene rings is 1. The number of nitrogens with one attached hydrogen (secondary N) is 1. The molecule has 0 saturated carbocycles. The third-order valence-electron chi connectivity index (χ3n) is 3.00. The molecule has 1 aromatic rings. The van der Waals surface area contributed by atoms with Crippen LogP contribution in [-0.4, -0.2) is 48.7 Å². The zero-order valence-corrected chi connectivity index (χ0v) is 12.7. The maximum atomic E-state index is 13.7. The monoisotopic (exact) mass is 330 g/mol. The largest absolute Gasteiger partial charge is 0.481 e. The van der Waals surface area contributed by atoms with Crippen LogP contribution in [-0.2, 0) is 9.53 Å². The van der Waals surface area contributed by atoms with Crippen molar-refractivity contribution in [1.82, 2.24) is 4.90 Å². The van der Waals surface area contributed by atoms with Gasteiger partial charge in [0.05, 0.1) is 13.0 Å². The van der Waals surface area contributed by atoms with Crippen LogP contribution in [0.3, 0.4) is 0 Å². The first-order valence-corrected chi connectivity index (χ1v) is 6.49. The molecule has 2 N–H and O–H groups in total. The molecule has 0 bridgehead atoms. The van der Waals surface area contributed by atoms with E-state index in [0.29, 0.717) is 0 Å². The van der Waals surface area contributed by atoms with Crippen LogP contribution in [0.4, 0.5) is 19.3 Å². The minimum Gasteiger partial charge on any atom is -0.481 e. The van der Waals surface area contributed by atoms with Crippen LogP contribution in [0, 0.1) is 17.6 Å². The highest BCUT2D eigenvalue weighted by Crippen LogP contribution is 2.20. The van der Waals surface area contributed by atoms with E-state index in [0.717, 1.165) is 24.1 Å². The summed E-state index contributed by atoms with van der Waals surface area (Å²) in [6, 6.07) is 0.784. The molecule has 1 atom stereocenters. The molecule has 126 valence electrons. The standard InChI is InChI=1S/C14H16F2N2O5/c1-7(12(19)20)6-18(2)14(22)17-8-4-9(15)11(10(16)5-8)13(21)23-3/h4-5,7H,6H2,1-3H3,(H,17,22)(H,19,20). The molecule has 0 heterocycles. The number of anilines is 1. The lowest BCUT2D eigenvalue weighted by molar-refractivity contribution is -0.141. The zero-order valence-electron chi connectivity index (χ0n) is 12.7. The van der Waals surface area contributed by atoms with E-state index < -0.39 is 41.1 Å². The molecule has 1 aromatic carbocycles. The van der Waals surface area contributed by atoms with Gasteiger partial charge in [0.1, 0.15) is 17.2 Å². The lowest BCUT2D eigenvalue weighted by Crippen LogP contribution is -2.36. The van der Waals surface area contributed by atoms with E-state index in [4.69, 9.17) is 5.11 Å². The smallest absolute Gasteiger partial charge is 0.343 e. The van der Waals surface area contributed by atoms with Crippen LogP contribution in [0.25, 0.3) is 0 Å². The van der Waals surface area contributed by atoms with Crippen molar-refractivity contribution in [3.05, 3.63) is 29.3 Å². The topological polar surface area (TPSA) is 95.9 Å². The molecule has 0 radical (unpaired) electrons. The fraction of sp³-hybridized carbons (Fsp3) is 0.357. The van der Waals surface area contributed by atoms with Gasteiger partial charge in [-0.25, -0.2) is 18.4 Å². The predicted molar refractivity (Wildman–Crippen MR) is 76.1 cm³/mol. The Balaban J connectivity index is 2.87. The molecule has 23 heavy (non-hydrogen) atoms. The van der Waals surface area contributed by atoms with E-state index in [-0.39, 0.29) is 12.2 Å². The van der Waals surface area contributed by atoms with E-state index in [1.54, 1.807) is 0 Å². The quantitative estimate of drug-likeness (QED) is 0.804. The average Bonchev–Trinajstić information content (AvgIpc) is 2.45. The molecule has 0 fully saturated rings. The number of amides is 2. The number of halogens is 2. The maximum Gasteiger partial charge on any atom is 0.343 e. The summed E-state index contributed by atoms with van der Waals surface area (Å²) in [6.45, 7) is 1.32. The molecule has 0 spiro atoms. The second kappa shape index (κ2) is 7.52. The summed E-state index contributed by atoms with van der Waals surface area (Å²) in [4.78, 5) is 34.9. The highest BCUT2D eigenvalue weighted by molar-refractivity contribution is 5.93. The van der Waals surface area contributed by atoms with Crippen molar-refractivity contribution in [3.63, 3.8) is 0 Å². The third-order valence-corrected chi connectivity index (χ3v) is 3.00. The Kier molecular flexibility index (Phi) is 6.00. The van der Waals surface area contributed by atoms with Crippen LogP contribution < -0.4 is 5.32 Å². The van der Waals surface area contributed by atoms with Crippen molar-refractivity contribution >= 4 is 23.7 Å². The van der Waals surface area contributed by atoms with E-state index in [1.165, 1.54) is 14.0 Å². The summed E-state index contributed by atoms with van der Waals surface area (Å²) in [6.07, 6.45) is 0. The number of methoxy groups -OCH3 is 1. The van der Waals surface area contributed by atoms with Gasteiger partial charge in [-0.1, -0.05) is 6.92 Å². The maximum absolute atomic E-state index is 13.7. The van der Waals surface area contributed by atoms with Gasteiger partial charge in [0.15, 0.2) is 0 Å². The number of aliphatic carboxylic acids is 1. The summed E-state index contributed by atoms with van der Waals surface area (Å²) in [5.74, 6) is -5.43. The summed E-state index contributed by atoms with van der Waals surface area (Å²) in [5, 5.41) is 11.0. The van der Waals surface area contributed by atoms with Gasteiger partial charge >= 0.3 is 18.0 Å². The Hall–Kier alpha value is -2.71. The van der Waals surface area contributed by atoms with Gasteiger partial charge in [-0.3, -0.25) is 4.79 Å². The Morgan fingerprint density at radius 3 is 2.26 bits per heavy atom. The van der Waals surface area contributed by atoms with Crippen LogP contribution in [0.15, 0.2) is 12.1 Å². The summed E-state index contributed by atoms with van der Waals surface area (Å²) < 4.78 is 31.7. The van der Waals surface area contributed by atoms with Gasteiger partial charge in [-0.05, 0) is 12.1 Å². The third kappa shape index (κ3) is 4.63. The van der Waals surface area contributed by atoms with Crippen molar-refractivity contribution in [1.29, 1.82) is 0 Å². The van der Waals surface area contributed by atoms with E-state index in [1.807, 2.05) is 0 Å². The molecular formula is C14H16F2N2O5. The molecule has 0 aromatic heterocycles. The minimum absolute atomic E-state index is 0.0909. The molecule has 7 nitrogen and oxygen atoms in total. The van der Waals surface area contributed by atoms with E-state index >= 15 is 0 Å². The number of esters is 1. The van der Waals surface area contributed by atoms with Gasteiger partial charge in [0, 0.05) is 19.3 Å². The Labute approximate surface area is 130 Å². The number of ether oxygens (including phenoxy) is 1. The molecule has 0 aliphatic heterocycles. The number of carbonyl (C=O) groups is 3. The average molecular weight is 330 g/mol. The number of carboxylic acids is 1. The molecular weight excluding hydrogens is 314 g/mol. The first-order valence-electron chi connectivity index (χ1n) is 6.49. The number of carbonyl (C=O) groups excluding carboxylic acids is 2. The van der Waals surface area contributed by atoms with Crippen molar-refractivity contribution in [3.8, 4) is 0 Å². The van der Waals surface area contributed by atoms with Gasteiger partial charge in [0.2, 0.25) is 0 Å². The summed E-state index contributed by atoms with van der Waals surface area (Å²) >= 11 is 0. The molecule has 2 amide bonds. The lowest BCUT2D eigenvalue weighted by atomic mass is 10.1. The highest BCUT2D eigenvalue weighted by Gasteiger charge is 2.21. The number of rotatable bonds is 5. The van der Waals surface area contributed by atoms with Crippen LogP contribution in [0.5, 0.6) is 0 Å². The number of urea groups is 1. The normalized spacial score (nSPS) is 11.5. The van der Waals surface area contributed by atoms with Gasteiger partial charge in [-0.15, -0.1) is 0 Å². The fourth-order valence-corrected chi connectivity index (χ4v) is 1.73. The Bertz CT molecular complexity index is 613. The summed E-state index contributed by atoms with van der Waals surface area (Å²) in [5.41, 5.74) is -1.08. The minimum atomic E-state index is -1.19. The van der Waals surface area contributed by atoms with E-state index in [9.17, 15) is 23.2 Å². The van der Waals surface area contributed by atoms with Crippen LogP contribution in [0.2, 0.25) is 0 Å². The van der Waals surface area contributed by atoms with Crippen molar-refractivity contribution < 1.29 is 33.0 Å². The first kappa shape index (κ1) is 18.3. The predicted octanol–water partition coefficient (Wildman–Crippen LogP) is 1.94.